The molecule has 134 valence electrons. The van der Waals surface area contributed by atoms with Gasteiger partial charge in [0.2, 0.25) is 5.91 Å². The Kier molecular flexibility index (Phi) is 6.27. The molecule has 0 N–H and O–H groups in total. The maximum absolute atomic E-state index is 12.7. The van der Waals surface area contributed by atoms with Crippen molar-refractivity contribution in [3.05, 3.63) is 28.8 Å². The molecule has 2 atom stereocenters. The summed E-state index contributed by atoms with van der Waals surface area (Å²) in [6, 6.07) is 5.03. The van der Waals surface area contributed by atoms with Gasteiger partial charge in [-0.1, -0.05) is 12.1 Å². The van der Waals surface area contributed by atoms with E-state index in [9.17, 15) is 4.79 Å². The van der Waals surface area contributed by atoms with Crippen LogP contribution in [0.4, 0.5) is 0 Å². The van der Waals surface area contributed by atoms with Crippen molar-refractivity contribution in [2.45, 2.75) is 65.6 Å². The highest BCUT2D eigenvalue weighted by atomic mass is 16.5. The summed E-state index contributed by atoms with van der Waals surface area (Å²) in [5.41, 5.74) is 3.51. The predicted octanol–water partition coefficient (Wildman–Crippen LogP) is 3.53. The lowest BCUT2D eigenvalue weighted by Gasteiger charge is -2.39. The highest BCUT2D eigenvalue weighted by molar-refractivity contribution is 5.79. The Hall–Kier alpha value is -1.55. The molecule has 1 aliphatic heterocycles. The second-order valence-electron chi connectivity index (χ2n) is 7.37. The van der Waals surface area contributed by atoms with Gasteiger partial charge >= 0.3 is 0 Å². The first kappa shape index (κ1) is 18.8. The summed E-state index contributed by atoms with van der Waals surface area (Å²) in [7, 11) is 3.73. The van der Waals surface area contributed by atoms with Crippen molar-refractivity contribution in [3.8, 4) is 5.75 Å². The van der Waals surface area contributed by atoms with Crippen LogP contribution >= 0.6 is 0 Å². The minimum absolute atomic E-state index is 0.249. The van der Waals surface area contributed by atoms with Crippen LogP contribution in [0.25, 0.3) is 0 Å². The van der Waals surface area contributed by atoms with Gasteiger partial charge in [-0.3, -0.25) is 9.69 Å². The van der Waals surface area contributed by atoms with Gasteiger partial charge in [0.25, 0.3) is 0 Å². The Morgan fingerprint density at radius 2 is 1.75 bits per heavy atom. The number of benzene rings is 1. The molecule has 4 heteroatoms. The number of carbonyl (C=O) groups is 1. The van der Waals surface area contributed by atoms with Crippen molar-refractivity contribution >= 4 is 5.91 Å². The molecule has 0 radical (unpaired) electrons. The van der Waals surface area contributed by atoms with Crippen LogP contribution < -0.4 is 4.74 Å². The van der Waals surface area contributed by atoms with Crippen LogP contribution in [-0.4, -0.2) is 48.5 Å². The third-order valence-electron chi connectivity index (χ3n) is 5.06. The van der Waals surface area contributed by atoms with Gasteiger partial charge in [-0.05, 0) is 70.7 Å². The first-order chi connectivity index (χ1) is 11.3. The normalized spacial score (nSPS) is 21.2. The van der Waals surface area contributed by atoms with Crippen molar-refractivity contribution in [3.63, 3.8) is 0 Å². The molecular weight excluding hydrogens is 300 g/mol. The zero-order valence-electron chi connectivity index (χ0n) is 16.1. The highest BCUT2D eigenvalue weighted by Gasteiger charge is 2.29. The van der Waals surface area contributed by atoms with Gasteiger partial charge in [-0.15, -0.1) is 0 Å². The van der Waals surface area contributed by atoms with Gasteiger partial charge in [-0.25, -0.2) is 0 Å². The molecule has 0 aromatic heterocycles. The Morgan fingerprint density at radius 1 is 1.21 bits per heavy atom. The number of piperidine rings is 1. The smallest absolute Gasteiger partial charge is 0.237 e. The molecule has 0 bridgehead atoms. The van der Waals surface area contributed by atoms with Crippen LogP contribution in [0.15, 0.2) is 12.1 Å². The van der Waals surface area contributed by atoms with Gasteiger partial charge in [0.1, 0.15) is 5.75 Å². The summed E-state index contributed by atoms with van der Waals surface area (Å²) in [5.74, 6) is 1.20. The second kappa shape index (κ2) is 8.02. The molecule has 1 aromatic carbocycles. The van der Waals surface area contributed by atoms with E-state index >= 15 is 0 Å². The molecule has 1 amide bonds. The number of hydrogen-bond donors (Lipinski definition) is 0. The molecule has 4 nitrogen and oxygen atoms in total. The van der Waals surface area contributed by atoms with E-state index in [1.165, 1.54) is 12.0 Å². The van der Waals surface area contributed by atoms with Crippen molar-refractivity contribution < 1.29 is 9.53 Å². The molecule has 2 rings (SSSR count). The van der Waals surface area contributed by atoms with Gasteiger partial charge in [0, 0.05) is 18.6 Å². The van der Waals surface area contributed by atoms with E-state index in [2.05, 4.69) is 49.6 Å². The van der Waals surface area contributed by atoms with E-state index < -0.39 is 0 Å². The van der Waals surface area contributed by atoms with E-state index in [1.807, 2.05) is 7.05 Å². The predicted molar refractivity (Wildman–Crippen MR) is 98.4 cm³/mol. The number of nitrogens with zero attached hydrogens (tertiary/aromatic N) is 2. The molecule has 1 aliphatic rings. The minimum atomic E-state index is 0.249. The van der Waals surface area contributed by atoms with Crippen LogP contribution in [0.1, 0.15) is 49.8 Å². The van der Waals surface area contributed by atoms with Crippen LogP contribution in [0.5, 0.6) is 5.75 Å². The first-order valence-corrected chi connectivity index (χ1v) is 8.97. The first-order valence-electron chi connectivity index (χ1n) is 8.97. The van der Waals surface area contributed by atoms with E-state index in [0.717, 1.165) is 36.3 Å². The lowest BCUT2D eigenvalue weighted by atomic mass is 9.97. The number of methoxy groups -OCH3 is 1. The molecule has 0 spiro atoms. The number of rotatable bonds is 5. The zero-order valence-corrected chi connectivity index (χ0v) is 16.1. The Morgan fingerprint density at radius 3 is 2.25 bits per heavy atom. The summed E-state index contributed by atoms with van der Waals surface area (Å²) < 4.78 is 5.43. The molecule has 24 heavy (non-hydrogen) atoms. The van der Waals surface area contributed by atoms with Crippen molar-refractivity contribution in [2.75, 3.05) is 20.7 Å². The SMILES string of the molecule is COc1c(C)cc(CN(C)CC(=O)N2C(C)CCCC2C)cc1C. The highest BCUT2D eigenvalue weighted by Crippen LogP contribution is 2.25. The van der Waals surface area contributed by atoms with Gasteiger partial charge in [0.15, 0.2) is 0 Å². The van der Waals surface area contributed by atoms with E-state index in [-0.39, 0.29) is 5.91 Å². The zero-order chi connectivity index (χ0) is 17.9. The number of aryl methyl sites for hydroxylation is 2. The third-order valence-corrected chi connectivity index (χ3v) is 5.06. The maximum atomic E-state index is 12.7. The minimum Gasteiger partial charge on any atom is -0.496 e. The number of carbonyl (C=O) groups excluding carboxylic acids is 1. The average Bonchev–Trinajstić information content (AvgIpc) is 2.46. The Bertz CT molecular complexity index is 552. The molecule has 1 aromatic rings. The standard InChI is InChI=1S/C20H32N2O2/c1-14-10-18(11-15(2)20(14)24-6)12-21(5)13-19(23)22-16(3)8-7-9-17(22)4/h10-11,16-17H,7-9,12-13H2,1-6H3. The van der Waals surface area contributed by atoms with Crippen LogP contribution in [0.3, 0.4) is 0 Å². The molecule has 0 saturated carbocycles. The topological polar surface area (TPSA) is 32.8 Å². The summed E-state index contributed by atoms with van der Waals surface area (Å²) in [4.78, 5) is 16.9. The molecule has 2 unspecified atom stereocenters. The summed E-state index contributed by atoms with van der Waals surface area (Å²) >= 11 is 0. The van der Waals surface area contributed by atoms with Gasteiger partial charge in [0.05, 0.1) is 13.7 Å². The monoisotopic (exact) mass is 332 g/mol. The van der Waals surface area contributed by atoms with E-state index in [1.54, 1.807) is 7.11 Å². The fourth-order valence-corrected chi connectivity index (χ4v) is 4.05. The molecule has 1 fully saturated rings. The fraction of sp³-hybridized carbons (Fsp3) is 0.650. The lowest BCUT2D eigenvalue weighted by molar-refractivity contribution is -0.138. The van der Waals surface area contributed by atoms with Crippen LogP contribution in [-0.2, 0) is 11.3 Å². The largest absolute Gasteiger partial charge is 0.496 e. The van der Waals surface area contributed by atoms with Gasteiger partial charge < -0.3 is 9.64 Å². The average molecular weight is 332 g/mol. The van der Waals surface area contributed by atoms with Crippen LogP contribution in [0, 0.1) is 13.8 Å². The van der Waals surface area contributed by atoms with E-state index in [4.69, 9.17) is 4.74 Å². The lowest BCUT2D eigenvalue weighted by Crippen LogP contribution is -2.50. The number of likely N-dealkylation sites (N-methyl/N-ethyl adjacent to an activating group) is 1. The van der Waals surface area contributed by atoms with Crippen LogP contribution in [0.2, 0.25) is 0 Å². The summed E-state index contributed by atoms with van der Waals surface area (Å²) in [6.07, 6.45) is 3.47. The second-order valence-corrected chi connectivity index (χ2v) is 7.37. The van der Waals surface area contributed by atoms with Gasteiger partial charge in [-0.2, -0.15) is 0 Å². The number of amides is 1. The molecule has 1 saturated heterocycles. The van der Waals surface area contributed by atoms with E-state index in [0.29, 0.717) is 18.6 Å². The maximum Gasteiger partial charge on any atom is 0.237 e. The number of hydrogen-bond acceptors (Lipinski definition) is 3. The number of likely N-dealkylation sites (tertiary alicyclic amines) is 1. The Labute approximate surface area is 146 Å². The fourth-order valence-electron chi connectivity index (χ4n) is 4.05. The van der Waals surface area contributed by atoms with Crippen molar-refractivity contribution in [1.29, 1.82) is 0 Å². The van der Waals surface area contributed by atoms with Crippen molar-refractivity contribution in [1.82, 2.24) is 9.80 Å². The molecular formula is C20H32N2O2. The summed E-state index contributed by atoms with van der Waals surface area (Å²) in [5, 5.41) is 0. The Balaban J connectivity index is 2.00. The third kappa shape index (κ3) is 4.29. The summed E-state index contributed by atoms with van der Waals surface area (Å²) in [6.45, 7) is 9.72. The molecule has 0 aliphatic carbocycles. The quantitative estimate of drug-likeness (QED) is 0.827. The molecule has 1 heterocycles. The number of ether oxygens (including phenoxy) is 1. The van der Waals surface area contributed by atoms with Crippen molar-refractivity contribution in [2.24, 2.45) is 0 Å².